The Balaban J connectivity index is 2.31. The average molecular weight is 441 g/mol. The van der Waals surface area contributed by atoms with E-state index in [2.05, 4.69) is 4.98 Å². The fourth-order valence-corrected chi connectivity index (χ4v) is 3.03. The number of hydrogen-bond acceptors (Lipinski definition) is 3. The topological polar surface area (TPSA) is 78.0 Å². The number of primary amides is 1. The maximum atomic E-state index is 13.6. The first-order chi connectivity index (χ1) is 14.4. The van der Waals surface area contributed by atoms with Crippen LogP contribution in [0.2, 0.25) is 0 Å². The molecule has 2 heterocycles. The van der Waals surface area contributed by atoms with Crippen LogP contribution in [0.1, 0.15) is 38.8 Å². The number of nitrogens with two attached hydrogens (primary N) is 1. The van der Waals surface area contributed by atoms with Gasteiger partial charge in [0.1, 0.15) is 6.04 Å². The van der Waals surface area contributed by atoms with Gasteiger partial charge in [0, 0.05) is 18.5 Å². The molecule has 0 aliphatic heterocycles. The lowest BCUT2D eigenvalue weighted by molar-refractivity contribution is -0.139. The summed E-state index contributed by atoms with van der Waals surface area (Å²) >= 11 is 0. The summed E-state index contributed by atoms with van der Waals surface area (Å²) in [6.45, 7) is 0. The normalized spacial score (nSPS) is 13.1. The van der Waals surface area contributed by atoms with E-state index in [4.69, 9.17) is 5.73 Å². The predicted octanol–water partition coefficient (Wildman–Crippen LogP) is 4.02. The van der Waals surface area contributed by atoms with Crippen molar-refractivity contribution < 1.29 is 31.1 Å². The number of pyridine rings is 2. The predicted molar refractivity (Wildman–Crippen MR) is 97.1 cm³/mol. The zero-order valence-corrected chi connectivity index (χ0v) is 15.4. The Labute approximate surface area is 170 Å². The van der Waals surface area contributed by atoms with Crippen molar-refractivity contribution in [1.82, 2.24) is 9.55 Å². The lowest BCUT2D eigenvalue weighted by Gasteiger charge is -2.24. The minimum Gasteiger partial charge on any atom is -0.366 e. The molecule has 0 unspecified atom stereocenters. The van der Waals surface area contributed by atoms with Crippen LogP contribution in [0, 0.1) is 0 Å². The van der Waals surface area contributed by atoms with Crippen molar-refractivity contribution in [3.8, 4) is 0 Å². The highest BCUT2D eigenvalue weighted by atomic mass is 19.4. The highest BCUT2D eigenvalue weighted by molar-refractivity contribution is 5.92. The van der Waals surface area contributed by atoms with Crippen LogP contribution in [0.15, 0.2) is 65.7 Å². The zero-order chi connectivity index (χ0) is 23.0. The molecule has 2 aromatic heterocycles. The summed E-state index contributed by atoms with van der Waals surface area (Å²) in [6, 6.07) is 5.48. The number of hydrogen-bond donors (Lipinski definition) is 1. The summed E-state index contributed by atoms with van der Waals surface area (Å²) in [5.74, 6) is -0.947. The van der Waals surface area contributed by atoms with Crippen molar-refractivity contribution in [2.75, 3.05) is 0 Å². The van der Waals surface area contributed by atoms with E-state index in [1.807, 2.05) is 0 Å². The second-order valence-corrected chi connectivity index (χ2v) is 6.48. The molecule has 5 nitrogen and oxygen atoms in total. The molecule has 1 aromatic carbocycles. The Morgan fingerprint density at radius 3 is 2.13 bits per heavy atom. The van der Waals surface area contributed by atoms with Gasteiger partial charge in [0.2, 0.25) is 5.91 Å². The third-order valence-electron chi connectivity index (χ3n) is 4.46. The summed E-state index contributed by atoms with van der Waals surface area (Å²) < 4.78 is 80.4. The molecule has 162 valence electrons. The second-order valence-electron chi connectivity index (χ2n) is 6.48. The first-order valence-corrected chi connectivity index (χ1v) is 8.61. The summed E-state index contributed by atoms with van der Waals surface area (Å²) in [7, 11) is 0. The Morgan fingerprint density at radius 1 is 0.935 bits per heavy atom. The summed E-state index contributed by atoms with van der Waals surface area (Å²) in [6.07, 6.45) is -7.52. The molecule has 1 amide bonds. The van der Waals surface area contributed by atoms with E-state index < -0.39 is 46.7 Å². The Hall–Kier alpha value is -3.63. The maximum absolute atomic E-state index is 13.6. The van der Waals surface area contributed by atoms with E-state index in [9.17, 15) is 35.9 Å². The maximum Gasteiger partial charge on any atom is 0.418 e. The van der Waals surface area contributed by atoms with Gasteiger partial charge in [-0.2, -0.15) is 26.3 Å². The SMILES string of the molecule is NC(=O)c1ccc(=O)n([C@@H](c2ccc(C(F)(F)F)cc2)c2ncccc2C(F)(F)F)c1. The fourth-order valence-electron chi connectivity index (χ4n) is 3.03. The van der Waals surface area contributed by atoms with Crippen molar-refractivity contribution in [1.29, 1.82) is 0 Å². The van der Waals surface area contributed by atoms with Crippen LogP contribution < -0.4 is 11.3 Å². The number of benzene rings is 1. The molecule has 11 heteroatoms. The monoisotopic (exact) mass is 441 g/mol. The fraction of sp³-hybridized carbons (Fsp3) is 0.150. The number of carbonyl (C=O) groups excluding carboxylic acids is 1. The van der Waals surface area contributed by atoms with E-state index in [-0.39, 0.29) is 11.1 Å². The smallest absolute Gasteiger partial charge is 0.366 e. The first-order valence-electron chi connectivity index (χ1n) is 8.61. The number of nitrogens with zero attached hydrogens (tertiary/aromatic N) is 2. The lowest BCUT2D eigenvalue weighted by atomic mass is 9.97. The molecular weight excluding hydrogens is 428 g/mol. The quantitative estimate of drug-likeness (QED) is 0.622. The molecule has 0 spiro atoms. The molecule has 0 bridgehead atoms. The highest BCUT2D eigenvalue weighted by Crippen LogP contribution is 2.37. The molecule has 0 saturated heterocycles. The first kappa shape index (κ1) is 22.1. The third-order valence-corrected chi connectivity index (χ3v) is 4.46. The molecule has 3 rings (SSSR count). The molecule has 0 saturated carbocycles. The van der Waals surface area contributed by atoms with E-state index in [1.54, 1.807) is 0 Å². The van der Waals surface area contributed by atoms with Gasteiger partial charge in [-0.15, -0.1) is 0 Å². The van der Waals surface area contributed by atoms with Gasteiger partial charge < -0.3 is 10.3 Å². The Morgan fingerprint density at radius 2 is 1.58 bits per heavy atom. The number of rotatable bonds is 4. The Kier molecular flexibility index (Phi) is 5.62. The molecule has 2 N–H and O–H groups in total. The number of aromatic nitrogens is 2. The summed E-state index contributed by atoms with van der Waals surface area (Å²) in [5.41, 5.74) is 1.30. The highest BCUT2D eigenvalue weighted by Gasteiger charge is 2.37. The third kappa shape index (κ3) is 4.60. The molecule has 31 heavy (non-hydrogen) atoms. The molecular formula is C20H13F6N3O2. The van der Waals surface area contributed by atoms with Crippen molar-refractivity contribution in [3.05, 3.63) is 99.2 Å². The summed E-state index contributed by atoms with van der Waals surface area (Å²) in [5, 5.41) is 0. The summed E-state index contributed by atoms with van der Waals surface area (Å²) in [4.78, 5) is 27.8. The van der Waals surface area contributed by atoms with Crippen LogP contribution in [0.4, 0.5) is 26.3 Å². The van der Waals surface area contributed by atoms with Crippen LogP contribution in [-0.4, -0.2) is 15.5 Å². The molecule has 1 atom stereocenters. The van der Waals surface area contributed by atoms with Crippen LogP contribution in [0.3, 0.4) is 0 Å². The van der Waals surface area contributed by atoms with Crippen molar-refractivity contribution >= 4 is 5.91 Å². The van der Waals surface area contributed by atoms with Gasteiger partial charge in [0.15, 0.2) is 0 Å². The van der Waals surface area contributed by atoms with Crippen LogP contribution in [0.25, 0.3) is 0 Å². The van der Waals surface area contributed by atoms with Gasteiger partial charge in [0.25, 0.3) is 5.56 Å². The lowest BCUT2D eigenvalue weighted by Crippen LogP contribution is -2.29. The van der Waals surface area contributed by atoms with Gasteiger partial charge in [-0.05, 0) is 35.9 Å². The van der Waals surface area contributed by atoms with E-state index in [0.717, 1.165) is 53.4 Å². The zero-order valence-electron chi connectivity index (χ0n) is 15.4. The van der Waals surface area contributed by atoms with Crippen LogP contribution in [0.5, 0.6) is 0 Å². The molecule has 0 aliphatic carbocycles. The van der Waals surface area contributed by atoms with Gasteiger partial charge in [-0.25, -0.2) is 0 Å². The largest absolute Gasteiger partial charge is 0.418 e. The van der Waals surface area contributed by atoms with Crippen LogP contribution >= 0.6 is 0 Å². The second kappa shape index (κ2) is 7.89. The molecule has 0 radical (unpaired) electrons. The van der Waals surface area contributed by atoms with Gasteiger partial charge in [0.05, 0.1) is 22.4 Å². The van der Waals surface area contributed by atoms with E-state index >= 15 is 0 Å². The molecule has 3 aromatic rings. The van der Waals surface area contributed by atoms with Crippen molar-refractivity contribution in [3.63, 3.8) is 0 Å². The number of carbonyl (C=O) groups is 1. The van der Waals surface area contributed by atoms with Gasteiger partial charge in [-0.3, -0.25) is 14.6 Å². The van der Waals surface area contributed by atoms with Gasteiger partial charge in [-0.1, -0.05) is 12.1 Å². The van der Waals surface area contributed by atoms with Gasteiger partial charge >= 0.3 is 12.4 Å². The minimum absolute atomic E-state index is 0.0825. The standard InChI is InChI=1S/C20H13F6N3O2/c21-19(22,23)13-6-3-11(4-7-13)17(16-14(20(24,25)26)2-1-9-28-16)29-10-12(18(27)31)5-8-15(29)30/h1-10,17H,(H2,27,31)/t17-/m0/s1. The van der Waals surface area contributed by atoms with Crippen molar-refractivity contribution in [2.45, 2.75) is 18.4 Å². The van der Waals surface area contributed by atoms with Crippen molar-refractivity contribution in [2.24, 2.45) is 5.73 Å². The van der Waals surface area contributed by atoms with E-state index in [1.165, 1.54) is 0 Å². The Bertz CT molecular complexity index is 1170. The van der Waals surface area contributed by atoms with E-state index in [0.29, 0.717) is 12.1 Å². The number of halogens is 6. The molecule has 0 fully saturated rings. The number of amides is 1. The minimum atomic E-state index is -4.86. The van der Waals surface area contributed by atoms with Crippen LogP contribution in [-0.2, 0) is 12.4 Å². The average Bonchev–Trinajstić information content (AvgIpc) is 2.69. The molecule has 0 aliphatic rings. The number of alkyl halides is 6.